The van der Waals surface area contributed by atoms with Crippen LogP contribution in [0.3, 0.4) is 0 Å². The summed E-state index contributed by atoms with van der Waals surface area (Å²) in [5, 5.41) is 0. The van der Waals surface area contributed by atoms with Gasteiger partial charge in [-0.1, -0.05) is 6.07 Å². The molecule has 0 bridgehead atoms. The maximum Gasteiger partial charge on any atom is 0.131 e. The van der Waals surface area contributed by atoms with Crippen LogP contribution in [0, 0.1) is 6.92 Å². The molecule has 2 rings (SSSR count). The van der Waals surface area contributed by atoms with E-state index < -0.39 is 0 Å². The SMILES string of the molecule is Cc1ccc(-c2cccnc2N)cn1. The van der Waals surface area contributed by atoms with Crippen LogP contribution < -0.4 is 5.73 Å². The third kappa shape index (κ3) is 1.57. The van der Waals surface area contributed by atoms with Gasteiger partial charge in [0.05, 0.1) is 0 Å². The maximum atomic E-state index is 5.75. The zero-order chi connectivity index (χ0) is 9.97. The summed E-state index contributed by atoms with van der Waals surface area (Å²) in [4.78, 5) is 8.24. The number of hydrogen-bond acceptors (Lipinski definition) is 3. The van der Waals surface area contributed by atoms with Gasteiger partial charge in [0.2, 0.25) is 0 Å². The average molecular weight is 185 g/mol. The summed E-state index contributed by atoms with van der Waals surface area (Å²) in [6.07, 6.45) is 3.49. The molecule has 0 saturated heterocycles. The second-order valence-corrected chi connectivity index (χ2v) is 3.12. The molecule has 2 N–H and O–H groups in total. The van der Waals surface area contributed by atoms with Crippen LogP contribution in [0.1, 0.15) is 5.69 Å². The quantitative estimate of drug-likeness (QED) is 0.739. The van der Waals surface area contributed by atoms with Crippen molar-refractivity contribution in [1.82, 2.24) is 9.97 Å². The Hall–Kier alpha value is -1.90. The molecule has 2 aromatic heterocycles. The van der Waals surface area contributed by atoms with E-state index in [1.165, 1.54) is 0 Å². The van der Waals surface area contributed by atoms with Gasteiger partial charge in [0.25, 0.3) is 0 Å². The van der Waals surface area contributed by atoms with Crippen molar-refractivity contribution in [2.24, 2.45) is 0 Å². The minimum absolute atomic E-state index is 0.540. The molecule has 0 amide bonds. The Balaban J connectivity index is 2.50. The van der Waals surface area contributed by atoms with E-state index in [2.05, 4.69) is 9.97 Å². The summed E-state index contributed by atoms with van der Waals surface area (Å²) < 4.78 is 0. The van der Waals surface area contributed by atoms with E-state index in [1.54, 1.807) is 6.20 Å². The topological polar surface area (TPSA) is 51.8 Å². The molecule has 70 valence electrons. The lowest BCUT2D eigenvalue weighted by Crippen LogP contribution is -1.93. The lowest BCUT2D eigenvalue weighted by molar-refractivity contribution is 1.20. The standard InChI is InChI=1S/C11H11N3/c1-8-4-5-9(7-14-8)10-3-2-6-13-11(10)12/h2-7H,1H3,(H2,12,13). The number of pyridine rings is 2. The van der Waals surface area contributed by atoms with Gasteiger partial charge in [0, 0.05) is 29.2 Å². The summed E-state index contributed by atoms with van der Waals surface area (Å²) in [6, 6.07) is 7.76. The van der Waals surface area contributed by atoms with Crippen molar-refractivity contribution in [2.75, 3.05) is 5.73 Å². The van der Waals surface area contributed by atoms with Crippen LogP contribution in [0.25, 0.3) is 11.1 Å². The Morgan fingerprint density at radius 2 is 2.00 bits per heavy atom. The summed E-state index contributed by atoms with van der Waals surface area (Å²) in [6.45, 7) is 1.95. The first kappa shape index (κ1) is 8.69. The molecule has 0 saturated carbocycles. The van der Waals surface area contributed by atoms with Gasteiger partial charge in [-0.25, -0.2) is 4.98 Å². The predicted molar refractivity (Wildman–Crippen MR) is 56.6 cm³/mol. The van der Waals surface area contributed by atoms with Crippen LogP contribution in [-0.2, 0) is 0 Å². The van der Waals surface area contributed by atoms with Crippen LogP contribution in [0.4, 0.5) is 5.82 Å². The first-order valence-corrected chi connectivity index (χ1v) is 4.41. The van der Waals surface area contributed by atoms with E-state index >= 15 is 0 Å². The van der Waals surface area contributed by atoms with Gasteiger partial charge in [0.15, 0.2) is 0 Å². The summed E-state index contributed by atoms with van der Waals surface area (Å²) >= 11 is 0. The molecule has 0 fully saturated rings. The predicted octanol–water partition coefficient (Wildman–Crippen LogP) is 2.03. The molecule has 0 radical (unpaired) electrons. The number of nitrogens with two attached hydrogens (primary N) is 1. The molecule has 0 unspecified atom stereocenters. The first-order chi connectivity index (χ1) is 6.77. The van der Waals surface area contributed by atoms with Gasteiger partial charge < -0.3 is 5.73 Å². The summed E-state index contributed by atoms with van der Waals surface area (Å²) in [5.74, 6) is 0.540. The number of aryl methyl sites for hydroxylation is 1. The van der Waals surface area contributed by atoms with E-state index in [9.17, 15) is 0 Å². The minimum Gasteiger partial charge on any atom is -0.383 e. The number of rotatable bonds is 1. The lowest BCUT2D eigenvalue weighted by atomic mass is 10.1. The maximum absolute atomic E-state index is 5.75. The molecule has 0 aliphatic rings. The highest BCUT2D eigenvalue weighted by molar-refractivity contribution is 5.72. The second kappa shape index (κ2) is 3.46. The molecular formula is C11H11N3. The smallest absolute Gasteiger partial charge is 0.131 e. The Bertz CT molecular complexity index is 435. The van der Waals surface area contributed by atoms with Crippen molar-refractivity contribution >= 4 is 5.82 Å². The third-order valence-corrected chi connectivity index (χ3v) is 2.06. The normalized spacial score (nSPS) is 10.1. The molecule has 14 heavy (non-hydrogen) atoms. The third-order valence-electron chi connectivity index (χ3n) is 2.06. The van der Waals surface area contributed by atoms with E-state index in [0.29, 0.717) is 5.82 Å². The van der Waals surface area contributed by atoms with Gasteiger partial charge in [-0.3, -0.25) is 4.98 Å². The molecule has 0 aliphatic carbocycles. The molecule has 2 aromatic rings. The van der Waals surface area contributed by atoms with E-state index in [0.717, 1.165) is 16.8 Å². The zero-order valence-electron chi connectivity index (χ0n) is 7.94. The molecule has 3 heteroatoms. The van der Waals surface area contributed by atoms with Gasteiger partial charge >= 0.3 is 0 Å². The second-order valence-electron chi connectivity index (χ2n) is 3.12. The largest absolute Gasteiger partial charge is 0.383 e. The number of nitrogen functional groups attached to an aromatic ring is 1. The van der Waals surface area contributed by atoms with Crippen molar-refractivity contribution in [1.29, 1.82) is 0 Å². The fraction of sp³-hybridized carbons (Fsp3) is 0.0909. The van der Waals surface area contributed by atoms with E-state index in [4.69, 9.17) is 5.73 Å². The molecular weight excluding hydrogens is 174 g/mol. The molecule has 3 nitrogen and oxygen atoms in total. The monoisotopic (exact) mass is 185 g/mol. The Labute approximate surface area is 82.6 Å². The van der Waals surface area contributed by atoms with E-state index in [-0.39, 0.29) is 0 Å². The molecule has 0 atom stereocenters. The van der Waals surface area contributed by atoms with Crippen molar-refractivity contribution < 1.29 is 0 Å². The summed E-state index contributed by atoms with van der Waals surface area (Å²) in [5.41, 5.74) is 8.68. The molecule has 0 spiro atoms. The lowest BCUT2D eigenvalue weighted by Gasteiger charge is -2.03. The molecule has 2 heterocycles. The Kier molecular flexibility index (Phi) is 2.14. The van der Waals surface area contributed by atoms with Crippen LogP contribution >= 0.6 is 0 Å². The number of anilines is 1. The number of nitrogens with zero attached hydrogens (tertiary/aromatic N) is 2. The Morgan fingerprint density at radius 1 is 1.14 bits per heavy atom. The highest BCUT2D eigenvalue weighted by Crippen LogP contribution is 2.22. The van der Waals surface area contributed by atoms with Crippen LogP contribution in [0.5, 0.6) is 0 Å². The average Bonchev–Trinajstić information content (AvgIpc) is 2.20. The van der Waals surface area contributed by atoms with Gasteiger partial charge in [0.1, 0.15) is 5.82 Å². The highest BCUT2D eigenvalue weighted by atomic mass is 14.8. The van der Waals surface area contributed by atoms with Crippen molar-refractivity contribution in [2.45, 2.75) is 6.92 Å². The van der Waals surface area contributed by atoms with Crippen LogP contribution in [0.15, 0.2) is 36.7 Å². The van der Waals surface area contributed by atoms with Crippen molar-refractivity contribution in [3.8, 4) is 11.1 Å². The van der Waals surface area contributed by atoms with Gasteiger partial charge in [-0.15, -0.1) is 0 Å². The van der Waals surface area contributed by atoms with Crippen LogP contribution in [0.2, 0.25) is 0 Å². The molecule has 0 aromatic carbocycles. The number of hydrogen-bond donors (Lipinski definition) is 1. The minimum atomic E-state index is 0.540. The van der Waals surface area contributed by atoms with Crippen molar-refractivity contribution in [3.05, 3.63) is 42.4 Å². The van der Waals surface area contributed by atoms with Gasteiger partial charge in [-0.05, 0) is 25.1 Å². The van der Waals surface area contributed by atoms with Gasteiger partial charge in [-0.2, -0.15) is 0 Å². The first-order valence-electron chi connectivity index (χ1n) is 4.41. The number of aromatic nitrogens is 2. The van der Waals surface area contributed by atoms with Crippen molar-refractivity contribution in [3.63, 3.8) is 0 Å². The van der Waals surface area contributed by atoms with Crippen LogP contribution in [-0.4, -0.2) is 9.97 Å². The zero-order valence-corrected chi connectivity index (χ0v) is 7.94. The van der Waals surface area contributed by atoms with E-state index in [1.807, 2.05) is 37.4 Å². The fourth-order valence-corrected chi connectivity index (χ4v) is 1.29. The molecule has 0 aliphatic heterocycles. The highest BCUT2D eigenvalue weighted by Gasteiger charge is 2.01. The Morgan fingerprint density at radius 3 is 2.64 bits per heavy atom. The fourth-order valence-electron chi connectivity index (χ4n) is 1.29. The summed E-state index contributed by atoms with van der Waals surface area (Å²) in [7, 11) is 0.